The molecular weight excluding hydrogens is 300 g/mol. The van der Waals surface area contributed by atoms with E-state index in [0.29, 0.717) is 12.0 Å². The Kier molecular flexibility index (Phi) is 4.13. The Morgan fingerprint density at radius 1 is 1.21 bits per heavy atom. The van der Waals surface area contributed by atoms with Crippen LogP contribution in [0.25, 0.3) is 5.69 Å². The van der Waals surface area contributed by atoms with Crippen molar-refractivity contribution in [1.29, 1.82) is 0 Å². The lowest BCUT2D eigenvalue weighted by atomic mass is 9.93. The molecule has 1 aromatic carbocycles. The second kappa shape index (κ2) is 6.57. The van der Waals surface area contributed by atoms with E-state index in [1.165, 1.54) is 6.42 Å². The van der Waals surface area contributed by atoms with E-state index in [9.17, 15) is 0 Å². The van der Waals surface area contributed by atoms with Crippen molar-refractivity contribution in [2.75, 3.05) is 13.1 Å². The Morgan fingerprint density at radius 2 is 2.08 bits per heavy atom. The molecule has 2 atom stereocenters. The number of piperidine rings is 1. The van der Waals surface area contributed by atoms with E-state index >= 15 is 0 Å². The number of benzene rings is 1. The van der Waals surface area contributed by atoms with E-state index in [2.05, 4.69) is 49.8 Å². The predicted octanol–water partition coefficient (Wildman–Crippen LogP) is 2.55. The molecule has 0 unspecified atom stereocenters. The van der Waals surface area contributed by atoms with Crippen LogP contribution in [0.15, 0.2) is 55.4 Å². The first-order chi connectivity index (χ1) is 11.8. The number of aromatic nitrogens is 5. The number of para-hydroxylation sites is 1. The number of hydrogen-bond acceptors (Lipinski definition) is 4. The summed E-state index contributed by atoms with van der Waals surface area (Å²) < 4.78 is 4.17. The van der Waals surface area contributed by atoms with Gasteiger partial charge in [-0.15, -0.1) is 0 Å². The number of imidazole rings is 1. The first-order valence-electron chi connectivity index (χ1n) is 8.45. The second-order valence-electron chi connectivity index (χ2n) is 6.50. The van der Waals surface area contributed by atoms with Gasteiger partial charge in [0.25, 0.3) is 0 Å². The normalized spacial score (nSPS) is 21.9. The average Bonchev–Trinajstić information content (AvgIpc) is 3.29. The van der Waals surface area contributed by atoms with Crippen LogP contribution in [0.4, 0.5) is 0 Å². The van der Waals surface area contributed by atoms with Crippen LogP contribution in [-0.2, 0) is 6.54 Å². The number of nitrogens with zero attached hydrogens (tertiary/aromatic N) is 6. The molecule has 0 aliphatic carbocycles. The van der Waals surface area contributed by atoms with E-state index in [0.717, 1.165) is 31.1 Å². The monoisotopic (exact) mass is 322 g/mol. The minimum absolute atomic E-state index is 0.467. The smallest absolute Gasteiger partial charge is 0.146 e. The van der Waals surface area contributed by atoms with E-state index in [1.807, 2.05) is 35.4 Å². The molecule has 0 saturated carbocycles. The van der Waals surface area contributed by atoms with Crippen molar-refractivity contribution in [3.63, 3.8) is 0 Å². The molecule has 1 aliphatic rings. The highest BCUT2D eigenvalue weighted by atomic mass is 15.4. The molecule has 124 valence electrons. The summed E-state index contributed by atoms with van der Waals surface area (Å²) in [4.78, 5) is 11.2. The fourth-order valence-corrected chi connectivity index (χ4v) is 3.47. The van der Waals surface area contributed by atoms with Crippen molar-refractivity contribution >= 4 is 0 Å². The third kappa shape index (κ3) is 2.97. The lowest BCUT2D eigenvalue weighted by Crippen LogP contribution is -2.40. The Labute approximate surface area is 141 Å². The quantitative estimate of drug-likeness (QED) is 0.741. The molecule has 0 amide bonds. The molecule has 24 heavy (non-hydrogen) atoms. The van der Waals surface area contributed by atoms with Crippen molar-refractivity contribution in [2.45, 2.75) is 25.9 Å². The molecular formula is C18H22N6. The van der Waals surface area contributed by atoms with Gasteiger partial charge in [0.05, 0.1) is 18.6 Å². The van der Waals surface area contributed by atoms with Gasteiger partial charge in [0.1, 0.15) is 12.2 Å². The number of rotatable bonds is 4. The minimum Gasteiger partial charge on any atom is -0.333 e. The molecule has 0 spiro atoms. The van der Waals surface area contributed by atoms with Crippen molar-refractivity contribution in [3.05, 3.63) is 61.2 Å². The lowest BCUT2D eigenvalue weighted by molar-refractivity contribution is 0.123. The van der Waals surface area contributed by atoms with Gasteiger partial charge in [0.15, 0.2) is 0 Å². The predicted molar refractivity (Wildman–Crippen MR) is 91.7 cm³/mol. The molecule has 3 aromatic rings. The van der Waals surface area contributed by atoms with Crippen LogP contribution >= 0.6 is 0 Å². The van der Waals surface area contributed by atoms with Gasteiger partial charge < -0.3 is 4.57 Å². The maximum Gasteiger partial charge on any atom is 0.146 e. The average molecular weight is 322 g/mol. The highest BCUT2D eigenvalue weighted by molar-refractivity contribution is 5.30. The minimum atomic E-state index is 0.467. The molecule has 1 aliphatic heterocycles. The summed E-state index contributed by atoms with van der Waals surface area (Å²) in [6.45, 7) is 5.24. The fourth-order valence-electron chi connectivity index (χ4n) is 3.47. The van der Waals surface area contributed by atoms with Gasteiger partial charge in [-0.2, -0.15) is 5.10 Å². The zero-order valence-electron chi connectivity index (χ0n) is 13.9. The summed E-state index contributed by atoms with van der Waals surface area (Å²) in [5.74, 6) is 1.64. The van der Waals surface area contributed by atoms with Crippen LogP contribution in [-0.4, -0.2) is 42.3 Å². The van der Waals surface area contributed by atoms with Crippen molar-refractivity contribution in [1.82, 2.24) is 29.2 Å². The first kappa shape index (κ1) is 15.1. The summed E-state index contributed by atoms with van der Waals surface area (Å²) >= 11 is 0. The topological polar surface area (TPSA) is 51.8 Å². The van der Waals surface area contributed by atoms with E-state index in [4.69, 9.17) is 0 Å². The molecule has 3 heterocycles. The van der Waals surface area contributed by atoms with E-state index in [1.54, 1.807) is 6.33 Å². The van der Waals surface area contributed by atoms with Crippen molar-refractivity contribution in [2.24, 2.45) is 5.92 Å². The Morgan fingerprint density at radius 3 is 2.88 bits per heavy atom. The van der Waals surface area contributed by atoms with Gasteiger partial charge in [-0.25, -0.2) is 14.6 Å². The SMILES string of the molecule is C[C@@H]1CCN(Cc2ncnn2-c2ccccc2)C[C@@H]1n1ccnc1. The fraction of sp³-hybridized carbons (Fsp3) is 0.389. The van der Waals surface area contributed by atoms with Crippen LogP contribution in [0.2, 0.25) is 0 Å². The van der Waals surface area contributed by atoms with Gasteiger partial charge in [-0.1, -0.05) is 25.1 Å². The third-order valence-corrected chi connectivity index (χ3v) is 4.89. The number of hydrogen-bond donors (Lipinski definition) is 0. The van der Waals surface area contributed by atoms with Gasteiger partial charge >= 0.3 is 0 Å². The van der Waals surface area contributed by atoms with Crippen LogP contribution in [0, 0.1) is 5.92 Å². The van der Waals surface area contributed by atoms with Crippen LogP contribution < -0.4 is 0 Å². The summed E-state index contributed by atoms with van der Waals surface area (Å²) in [6, 6.07) is 10.7. The zero-order chi connectivity index (χ0) is 16.4. The van der Waals surface area contributed by atoms with Gasteiger partial charge in [-0.3, -0.25) is 4.90 Å². The molecule has 0 bridgehead atoms. The van der Waals surface area contributed by atoms with Crippen molar-refractivity contribution in [3.8, 4) is 5.69 Å². The summed E-state index contributed by atoms with van der Waals surface area (Å²) in [5, 5.41) is 4.40. The van der Waals surface area contributed by atoms with Crippen molar-refractivity contribution < 1.29 is 0 Å². The van der Waals surface area contributed by atoms with Crippen LogP contribution in [0.3, 0.4) is 0 Å². The summed E-state index contributed by atoms with van der Waals surface area (Å²) in [6.07, 6.45) is 8.68. The molecule has 6 nitrogen and oxygen atoms in total. The summed E-state index contributed by atoms with van der Waals surface area (Å²) in [5.41, 5.74) is 1.06. The maximum atomic E-state index is 4.48. The number of likely N-dealkylation sites (tertiary alicyclic amines) is 1. The Hall–Kier alpha value is -2.47. The molecule has 2 aromatic heterocycles. The summed E-state index contributed by atoms with van der Waals surface area (Å²) in [7, 11) is 0. The highest BCUT2D eigenvalue weighted by Crippen LogP contribution is 2.28. The van der Waals surface area contributed by atoms with E-state index < -0.39 is 0 Å². The largest absolute Gasteiger partial charge is 0.333 e. The van der Waals surface area contributed by atoms with Gasteiger partial charge in [0, 0.05) is 25.0 Å². The van der Waals surface area contributed by atoms with Gasteiger partial charge in [-0.05, 0) is 31.0 Å². The molecule has 1 fully saturated rings. The third-order valence-electron chi connectivity index (χ3n) is 4.89. The van der Waals surface area contributed by atoms with Crippen LogP contribution in [0.1, 0.15) is 25.2 Å². The zero-order valence-corrected chi connectivity index (χ0v) is 13.9. The molecule has 0 radical (unpaired) electrons. The Bertz CT molecular complexity index is 764. The lowest BCUT2D eigenvalue weighted by Gasteiger charge is -2.37. The standard InChI is InChI=1S/C18H22N6/c1-15-7-9-22(11-17(15)23-10-8-19-14-23)12-18-20-13-21-24(18)16-5-3-2-4-6-16/h2-6,8,10,13-15,17H,7,9,11-12H2,1H3/t15-,17+/m1/s1. The molecule has 1 saturated heterocycles. The van der Waals surface area contributed by atoms with Gasteiger partial charge in [0.2, 0.25) is 0 Å². The molecule has 4 rings (SSSR count). The van der Waals surface area contributed by atoms with Crippen LogP contribution in [0.5, 0.6) is 0 Å². The Balaban J connectivity index is 1.51. The second-order valence-corrected chi connectivity index (χ2v) is 6.50. The molecule has 6 heteroatoms. The van der Waals surface area contributed by atoms with E-state index in [-0.39, 0.29) is 0 Å². The first-order valence-corrected chi connectivity index (χ1v) is 8.45. The maximum absolute atomic E-state index is 4.48. The highest BCUT2D eigenvalue weighted by Gasteiger charge is 2.28. The molecule has 0 N–H and O–H groups in total.